The minimum atomic E-state index is 0.217. The van der Waals surface area contributed by atoms with Crippen molar-refractivity contribution in [3.05, 3.63) is 48.0 Å². The number of rotatable bonds is 6. The van der Waals surface area contributed by atoms with Gasteiger partial charge in [0.1, 0.15) is 11.2 Å². The van der Waals surface area contributed by atoms with Crippen LogP contribution in [-0.2, 0) is 0 Å². The second-order valence-corrected chi connectivity index (χ2v) is 5.72. The smallest absolute Gasteiger partial charge is 0.138 e. The van der Waals surface area contributed by atoms with Crippen molar-refractivity contribution >= 4 is 29.4 Å². The summed E-state index contributed by atoms with van der Waals surface area (Å²) < 4.78 is 0. The summed E-state index contributed by atoms with van der Waals surface area (Å²) in [5, 5.41) is 20.8. The number of phenolic OH excluding ortho intramolecular Hbond substituents is 1. The molecule has 0 bridgehead atoms. The molecule has 0 spiro atoms. The average molecular weight is 325 g/mol. The SMILES string of the molecule is CCN(CC)c1ccc(C=Nc2ccc(SC#N)cc2)c(O)c1. The summed E-state index contributed by atoms with van der Waals surface area (Å²) in [7, 11) is 0. The Hall–Kier alpha value is -2.45. The molecule has 0 amide bonds. The van der Waals surface area contributed by atoms with Crippen LogP contribution in [0.3, 0.4) is 0 Å². The van der Waals surface area contributed by atoms with Crippen LogP contribution in [0.4, 0.5) is 11.4 Å². The molecule has 0 aromatic heterocycles. The molecular weight excluding hydrogens is 306 g/mol. The number of anilines is 1. The predicted octanol–water partition coefficient (Wildman–Crippen LogP) is 4.56. The zero-order chi connectivity index (χ0) is 16.7. The van der Waals surface area contributed by atoms with Gasteiger partial charge in [-0.1, -0.05) is 0 Å². The van der Waals surface area contributed by atoms with Crippen LogP contribution in [0.2, 0.25) is 0 Å². The Morgan fingerprint density at radius 1 is 1.17 bits per heavy atom. The number of thiocyanates is 1. The summed E-state index contributed by atoms with van der Waals surface area (Å²) in [4.78, 5) is 7.42. The van der Waals surface area contributed by atoms with Crippen LogP contribution in [-0.4, -0.2) is 24.4 Å². The molecule has 2 aromatic rings. The predicted molar refractivity (Wildman–Crippen MR) is 96.8 cm³/mol. The van der Waals surface area contributed by atoms with Crippen molar-refractivity contribution in [1.82, 2.24) is 0 Å². The van der Waals surface area contributed by atoms with E-state index in [1.54, 1.807) is 12.3 Å². The van der Waals surface area contributed by atoms with Crippen molar-refractivity contribution in [2.75, 3.05) is 18.0 Å². The van der Waals surface area contributed by atoms with Gasteiger partial charge in [0.25, 0.3) is 0 Å². The number of aromatic hydroxyl groups is 1. The van der Waals surface area contributed by atoms with E-state index < -0.39 is 0 Å². The van der Waals surface area contributed by atoms with Gasteiger partial charge in [-0.3, -0.25) is 4.99 Å². The molecule has 118 valence electrons. The molecular formula is C18H19N3OS. The Balaban J connectivity index is 2.15. The van der Waals surface area contributed by atoms with Gasteiger partial charge in [-0.05, 0) is 62.0 Å². The fourth-order valence-electron chi connectivity index (χ4n) is 2.22. The minimum Gasteiger partial charge on any atom is -0.507 e. The van der Waals surface area contributed by atoms with E-state index in [-0.39, 0.29) is 5.75 Å². The standard InChI is InChI=1S/C18H19N3OS/c1-3-21(4-2)16-8-5-14(18(22)11-16)12-20-15-6-9-17(10-7-15)23-13-19/h5-12,22H,3-4H2,1-2H3. The Labute approximate surface area is 141 Å². The molecule has 0 unspecified atom stereocenters. The molecule has 0 saturated heterocycles. The summed E-state index contributed by atoms with van der Waals surface area (Å²) in [6.45, 7) is 5.97. The first-order valence-corrected chi connectivity index (χ1v) is 8.27. The van der Waals surface area contributed by atoms with Gasteiger partial charge in [-0.25, -0.2) is 0 Å². The van der Waals surface area contributed by atoms with Gasteiger partial charge in [0, 0.05) is 41.5 Å². The zero-order valence-electron chi connectivity index (χ0n) is 13.2. The maximum atomic E-state index is 10.2. The number of nitriles is 1. The molecule has 0 fully saturated rings. The van der Waals surface area contributed by atoms with Gasteiger partial charge < -0.3 is 10.0 Å². The largest absolute Gasteiger partial charge is 0.507 e. The Morgan fingerprint density at radius 3 is 2.43 bits per heavy atom. The van der Waals surface area contributed by atoms with Crippen molar-refractivity contribution in [3.8, 4) is 11.2 Å². The molecule has 4 nitrogen and oxygen atoms in total. The molecule has 1 N–H and O–H groups in total. The van der Waals surface area contributed by atoms with E-state index in [2.05, 4.69) is 23.7 Å². The monoisotopic (exact) mass is 325 g/mol. The number of hydrogen-bond acceptors (Lipinski definition) is 5. The number of thioether (sulfide) groups is 1. The highest BCUT2D eigenvalue weighted by Gasteiger charge is 2.05. The van der Waals surface area contributed by atoms with Gasteiger partial charge in [0.05, 0.1) is 5.69 Å². The van der Waals surface area contributed by atoms with Crippen molar-refractivity contribution in [3.63, 3.8) is 0 Å². The molecule has 2 aromatic carbocycles. The number of hydrogen-bond donors (Lipinski definition) is 1. The maximum Gasteiger partial charge on any atom is 0.138 e. The molecule has 0 atom stereocenters. The third kappa shape index (κ3) is 4.51. The highest BCUT2D eigenvalue weighted by atomic mass is 32.2. The normalized spacial score (nSPS) is 10.7. The lowest BCUT2D eigenvalue weighted by Crippen LogP contribution is -2.21. The fraction of sp³-hybridized carbons (Fsp3) is 0.222. The van der Waals surface area contributed by atoms with Gasteiger partial charge in [0.2, 0.25) is 0 Å². The van der Waals surface area contributed by atoms with Crippen LogP contribution < -0.4 is 4.90 Å². The third-order valence-electron chi connectivity index (χ3n) is 3.50. The number of phenols is 1. The van der Waals surface area contributed by atoms with E-state index in [4.69, 9.17) is 5.26 Å². The molecule has 0 aliphatic rings. The van der Waals surface area contributed by atoms with Crippen LogP contribution in [0.15, 0.2) is 52.4 Å². The quantitative estimate of drug-likeness (QED) is 0.480. The highest BCUT2D eigenvalue weighted by Crippen LogP contribution is 2.25. The molecule has 5 heteroatoms. The van der Waals surface area contributed by atoms with Crippen LogP contribution in [0, 0.1) is 10.7 Å². The van der Waals surface area contributed by atoms with E-state index >= 15 is 0 Å². The van der Waals surface area contributed by atoms with Crippen LogP contribution >= 0.6 is 11.8 Å². The van der Waals surface area contributed by atoms with Gasteiger partial charge >= 0.3 is 0 Å². The van der Waals surface area contributed by atoms with Crippen LogP contribution in [0.5, 0.6) is 5.75 Å². The molecule has 0 radical (unpaired) electrons. The Bertz CT molecular complexity index is 716. The number of nitrogens with zero attached hydrogens (tertiary/aromatic N) is 3. The summed E-state index contributed by atoms with van der Waals surface area (Å²) >= 11 is 1.12. The first-order chi connectivity index (χ1) is 11.2. The maximum absolute atomic E-state index is 10.2. The average Bonchev–Trinajstić information content (AvgIpc) is 2.57. The lowest BCUT2D eigenvalue weighted by atomic mass is 10.2. The first-order valence-electron chi connectivity index (χ1n) is 7.46. The lowest BCUT2D eigenvalue weighted by Gasteiger charge is -2.21. The lowest BCUT2D eigenvalue weighted by molar-refractivity contribution is 0.474. The van der Waals surface area contributed by atoms with Gasteiger partial charge in [0.15, 0.2) is 0 Å². The summed E-state index contributed by atoms with van der Waals surface area (Å²) in [6.07, 6.45) is 1.65. The summed E-state index contributed by atoms with van der Waals surface area (Å²) in [5.74, 6) is 0.217. The van der Waals surface area contributed by atoms with Crippen LogP contribution in [0.25, 0.3) is 0 Å². The van der Waals surface area contributed by atoms with E-state index in [1.807, 2.05) is 41.8 Å². The number of aliphatic imine (C=N–C) groups is 1. The molecule has 2 rings (SSSR count). The van der Waals surface area contributed by atoms with Gasteiger partial charge in [-0.2, -0.15) is 5.26 Å². The minimum absolute atomic E-state index is 0.217. The number of benzene rings is 2. The van der Waals surface area contributed by atoms with Crippen molar-refractivity contribution in [2.24, 2.45) is 4.99 Å². The Morgan fingerprint density at radius 2 is 1.87 bits per heavy atom. The van der Waals surface area contributed by atoms with Crippen molar-refractivity contribution in [2.45, 2.75) is 18.7 Å². The third-order valence-corrected chi connectivity index (χ3v) is 4.09. The Kier molecular flexibility index (Phi) is 6.07. The van der Waals surface area contributed by atoms with Gasteiger partial charge in [-0.15, -0.1) is 0 Å². The molecule has 0 saturated carbocycles. The molecule has 23 heavy (non-hydrogen) atoms. The topological polar surface area (TPSA) is 59.6 Å². The molecule has 0 heterocycles. The highest BCUT2D eigenvalue weighted by molar-refractivity contribution is 8.03. The van der Waals surface area contributed by atoms with E-state index in [0.29, 0.717) is 5.56 Å². The van der Waals surface area contributed by atoms with E-state index in [9.17, 15) is 5.11 Å². The summed E-state index contributed by atoms with van der Waals surface area (Å²) in [6, 6.07) is 13.0. The molecule has 0 aliphatic carbocycles. The molecule has 0 aliphatic heterocycles. The fourth-order valence-corrected chi connectivity index (χ4v) is 2.60. The first kappa shape index (κ1) is 16.9. The second-order valence-electron chi connectivity index (χ2n) is 4.86. The van der Waals surface area contributed by atoms with E-state index in [0.717, 1.165) is 41.1 Å². The summed E-state index contributed by atoms with van der Waals surface area (Å²) in [5.41, 5.74) is 2.46. The second kappa shape index (κ2) is 8.25. The van der Waals surface area contributed by atoms with Crippen molar-refractivity contribution < 1.29 is 5.11 Å². The van der Waals surface area contributed by atoms with E-state index in [1.165, 1.54) is 0 Å². The van der Waals surface area contributed by atoms with Crippen LogP contribution in [0.1, 0.15) is 19.4 Å². The van der Waals surface area contributed by atoms with Crippen molar-refractivity contribution in [1.29, 1.82) is 5.26 Å². The zero-order valence-corrected chi connectivity index (χ0v) is 14.0.